The molecular weight excluding hydrogens is 701 g/mol. The molecule has 270 valence electrons. The van der Waals surface area contributed by atoms with E-state index in [0.29, 0.717) is 29.4 Å². The maximum atomic E-state index is 14.2. The molecule has 1 aliphatic heterocycles. The van der Waals surface area contributed by atoms with Crippen molar-refractivity contribution in [2.75, 3.05) is 19.8 Å². The summed E-state index contributed by atoms with van der Waals surface area (Å²) in [4.78, 5) is 26.7. The Labute approximate surface area is 299 Å². The van der Waals surface area contributed by atoms with E-state index in [0.717, 1.165) is 26.6 Å². The summed E-state index contributed by atoms with van der Waals surface area (Å²) in [6.07, 6.45) is -1.72. The number of carboxylic acid groups (broad SMARTS) is 1. The fourth-order valence-corrected chi connectivity index (χ4v) is 9.65. The Kier molecular flexibility index (Phi) is 11.2. The summed E-state index contributed by atoms with van der Waals surface area (Å²) in [5.41, 5.74) is 3.19. The highest BCUT2D eigenvalue weighted by Gasteiger charge is 2.48. The number of carbonyl (C=O) groups is 2. The SMILES string of the molecule is O=C(O)N[C@H](C(=O)NCc1ccc([C@@H](CO)N(CC2CC(F)(F)C2)S(=O)(=O)c2ccc3c(c2)CCOC3)s1)C(c1ccccc1)c1ccccc1. The van der Waals surface area contributed by atoms with Crippen LogP contribution in [0.25, 0.3) is 0 Å². The molecular formula is C37H39F2N3O7S2. The van der Waals surface area contributed by atoms with Crippen molar-refractivity contribution in [3.05, 3.63) is 123 Å². The minimum absolute atomic E-state index is 0.00968. The van der Waals surface area contributed by atoms with Gasteiger partial charge in [0.15, 0.2) is 0 Å². The average Bonchev–Trinajstić information content (AvgIpc) is 3.58. The van der Waals surface area contributed by atoms with Crippen molar-refractivity contribution < 1.29 is 41.7 Å². The number of hydrogen-bond acceptors (Lipinski definition) is 7. The minimum Gasteiger partial charge on any atom is -0.465 e. The number of hydrogen-bond donors (Lipinski definition) is 4. The van der Waals surface area contributed by atoms with E-state index < -0.39 is 71.3 Å². The lowest BCUT2D eigenvalue weighted by Crippen LogP contribution is -2.49. The van der Waals surface area contributed by atoms with Crippen LogP contribution in [0.5, 0.6) is 0 Å². The largest absolute Gasteiger partial charge is 0.465 e. The molecule has 14 heteroatoms. The molecule has 2 amide bonds. The molecule has 1 aromatic heterocycles. The number of ether oxygens (including phenoxy) is 1. The number of nitrogens with zero attached hydrogens (tertiary/aromatic N) is 1. The Morgan fingerprint density at radius 2 is 1.63 bits per heavy atom. The first-order valence-corrected chi connectivity index (χ1v) is 18.9. The van der Waals surface area contributed by atoms with Gasteiger partial charge in [0.05, 0.1) is 37.3 Å². The smallest absolute Gasteiger partial charge is 0.405 e. The molecule has 0 unspecified atom stereocenters. The second-order valence-electron chi connectivity index (χ2n) is 12.9. The first-order valence-electron chi connectivity index (χ1n) is 16.6. The van der Waals surface area contributed by atoms with Crippen molar-refractivity contribution in [3.63, 3.8) is 0 Å². The molecule has 10 nitrogen and oxygen atoms in total. The molecule has 3 aromatic carbocycles. The normalized spacial score (nSPS) is 17.0. The van der Waals surface area contributed by atoms with Gasteiger partial charge >= 0.3 is 6.09 Å². The Balaban J connectivity index is 1.24. The number of alkyl halides is 2. The number of halogens is 2. The predicted octanol–water partition coefficient (Wildman–Crippen LogP) is 5.67. The molecule has 0 radical (unpaired) electrons. The number of sulfonamides is 1. The number of carbonyl (C=O) groups excluding carboxylic acids is 1. The van der Waals surface area contributed by atoms with Gasteiger partial charge in [-0.05, 0) is 58.9 Å². The van der Waals surface area contributed by atoms with E-state index in [2.05, 4.69) is 10.6 Å². The molecule has 1 fully saturated rings. The van der Waals surface area contributed by atoms with Gasteiger partial charge in [-0.2, -0.15) is 4.31 Å². The van der Waals surface area contributed by atoms with Gasteiger partial charge in [-0.15, -0.1) is 11.3 Å². The second kappa shape index (κ2) is 15.6. The predicted molar refractivity (Wildman–Crippen MR) is 187 cm³/mol. The second-order valence-corrected chi connectivity index (χ2v) is 16.0. The van der Waals surface area contributed by atoms with Crippen LogP contribution in [0.15, 0.2) is 95.9 Å². The number of fused-ring (bicyclic) bond motifs is 1. The van der Waals surface area contributed by atoms with Crippen molar-refractivity contribution in [2.24, 2.45) is 5.92 Å². The van der Waals surface area contributed by atoms with Crippen molar-refractivity contribution in [2.45, 2.75) is 61.2 Å². The number of amides is 2. The van der Waals surface area contributed by atoms with Crippen molar-refractivity contribution in [3.8, 4) is 0 Å². The fraction of sp³-hybridized carbons (Fsp3) is 0.351. The van der Waals surface area contributed by atoms with E-state index in [9.17, 15) is 37.0 Å². The Hall–Kier alpha value is -4.21. The van der Waals surface area contributed by atoms with Crippen LogP contribution in [-0.4, -0.2) is 66.7 Å². The van der Waals surface area contributed by atoms with Crippen LogP contribution in [0.2, 0.25) is 0 Å². The molecule has 4 aromatic rings. The number of rotatable bonds is 14. The lowest BCUT2D eigenvalue weighted by Gasteiger charge is -2.39. The summed E-state index contributed by atoms with van der Waals surface area (Å²) in [6, 6.07) is 24.1. The van der Waals surface area contributed by atoms with Gasteiger partial charge < -0.3 is 25.6 Å². The van der Waals surface area contributed by atoms with Crippen LogP contribution in [0.1, 0.15) is 56.8 Å². The van der Waals surface area contributed by atoms with E-state index >= 15 is 0 Å². The molecule has 4 N–H and O–H groups in total. The van der Waals surface area contributed by atoms with Crippen molar-refractivity contribution in [1.29, 1.82) is 0 Å². The Morgan fingerprint density at radius 1 is 0.961 bits per heavy atom. The number of aliphatic hydroxyl groups excluding tert-OH is 1. The number of thiophene rings is 1. The molecule has 2 atom stereocenters. The molecule has 0 bridgehead atoms. The summed E-state index contributed by atoms with van der Waals surface area (Å²) < 4.78 is 62.8. The van der Waals surface area contributed by atoms with Gasteiger partial charge in [0.1, 0.15) is 6.04 Å². The van der Waals surface area contributed by atoms with E-state index in [1.807, 2.05) is 60.7 Å². The van der Waals surface area contributed by atoms with Gasteiger partial charge in [0.25, 0.3) is 0 Å². The quantitative estimate of drug-likeness (QED) is 0.130. The third kappa shape index (κ3) is 8.47. The van der Waals surface area contributed by atoms with Gasteiger partial charge in [0.2, 0.25) is 21.9 Å². The summed E-state index contributed by atoms with van der Waals surface area (Å²) in [5, 5.41) is 25.5. The van der Waals surface area contributed by atoms with E-state index in [1.165, 1.54) is 17.4 Å². The van der Waals surface area contributed by atoms with Crippen LogP contribution in [0.4, 0.5) is 13.6 Å². The summed E-state index contributed by atoms with van der Waals surface area (Å²) >= 11 is 1.17. The van der Waals surface area contributed by atoms with E-state index in [1.54, 1.807) is 24.3 Å². The highest BCUT2D eigenvalue weighted by Crippen LogP contribution is 2.45. The summed E-state index contributed by atoms with van der Waals surface area (Å²) in [7, 11) is -4.24. The van der Waals surface area contributed by atoms with Gasteiger partial charge in [0, 0.05) is 35.1 Å². The number of nitrogens with one attached hydrogen (secondary N) is 2. The standard InChI is InChI=1S/C37H39F2N3O7S2/c38-37(39)18-24(19-37)21-42(51(47,48)30-13-11-28-23-49-16-15-27(28)17-30)31(22-43)32-14-12-29(50-32)20-40-35(44)34(41-36(45)46)33(25-7-3-1-4-8-25)26-9-5-2-6-10-26/h1-14,17,24,31,33-34,41,43H,15-16,18-23H2,(H,40,44)(H,45,46)/t31-,34+/m1/s1. The highest BCUT2D eigenvalue weighted by atomic mass is 32.2. The van der Waals surface area contributed by atoms with Gasteiger partial charge in [-0.25, -0.2) is 22.0 Å². The summed E-state index contributed by atoms with van der Waals surface area (Å²) in [5.74, 6) is -4.66. The number of benzene rings is 3. The molecule has 6 rings (SSSR count). The van der Waals surface area contributed by atoms with Gasteiger partial charge in [-0.1, -0.05) is 66.7 Å². The maximum Gasteiger partial charge on any atom is 0.405 e. The zero-order valence-electron chi connectivity index (χ0n) is 27.6. The average molecular weight is 740 g/mol. The Bertz CT molecular complexity index is 1900. The molecule has 51 heavy (non-hydrogen) atoms. The lowest BCUT2D eigenvalue weighted by molar-refractivity contribution is -0.123. The first kappa shape index (κ1) is 36.6. The molecule has 0 saturated heterocycles. The third-order valence-corrected chi connectivity index (χ3v) is 12.4. The first-order chi connectivity index (χ1) is 24.4. The van der Waals surface area contributed by atoms with Crippen LogP contribution in [0.3, 0.4) is 0 Å². The monoisotopic (exact) mass is 739 g/mol. The fourth-order valence-electron chi connectivity index (χ4n) is 6.80. The van der Waals surface area contributed by atoms with Crippen LogP contribution in [-0.2, 0) is 39.1 Å². The van der Waals surface area contributed by atoms with Crippen molar-refractivity contribution in [1.82, 2.24) is 14.9 Å². The number of aliphatic hydroxyl groups is 1. The summed E-state index contributed by atoms with van der Waals surface area (Å²) in [6.45, 7) is 0.0162. The van der Waals surface area contributed by atoms with Gasteiger partial charge in [-0.3, -0.25) is 4.79 Å². The zero-order valence-corrected chi connectivity index (χ0v) is 29.2. The van der Waals surface area contributed by atoms with Crippen LogP contribution < -0.4 is 10.6 Å². The zero-order chi connectivity index (χ0) is 36.2. The van der Waals surface area contributed by atoms with E-state index in [4.69, 9.17) is 4.74 Å². The van der Waals surface area contributed by atoms with Crippen LogP contribution >= 0.6 is 11.3 Å². The maximum absolute atomic E-state index is 14.2. The molecule has 0 spiro atoms. The van der Waals surface area contributed by atoms with E-state index in [-0.39, 0.29) is 18.0 Å². The molecule has 2 heterocycles. The van der Waals surface area contributed by atoms with Crippen molar-refractivity contribution >= 4 is 33.4 Å². The topological polar surface area (TPSA) is 145 Å². The molecule has 1 saturated carbocycles. The highest BCUT2D eigenvalue weighted by molar-refractivity contribution is 7.89. The molecule has 1 aliphatic carbocycles. The van der Waals surface area contributed by atoms with Crippen LogP contribution in [0, 0.1) is 5.92 Å². The molecule has 2 aliphatic rings. The third-order valence-electron chi connectivity index (χ3n) is 9.35. The lowest BCUT2D eigenvalue weighted by atomic mass is 9.81. The Morgan fingerprint density at radius 3 is 2.24 bits per heavy atom. The minimum atomic E-state index is -4.24.